The summed E-state index contributed by atoms with van der Waals surface area (Å²) >= 11 is 0. The van der Waals surface area contributed by atoms with Crippen LogP contribution in [0, 0.1) is 0 Å². The molecule has 0 bridgehead atoms. The molecular formula is C16H13NO2. The lowest BCUT2D eigenvalue weighted by atomic mass is 9.85. The first-order valence-corrected chi connectivity index (χ1v) is 6.68. The highest BCUT2D eigenvalue weighted by Crippen LogP contribution is 2.33. The zero-order valence-electron chi connectivity index (χ0n) is 10.5. The fourth-order valence-corrected chi connectivity index (χ4v) is 3.22. The summed E-state index contributed by atoms with van der Waals surface area (Å²) in [4.78, 5) is 25.1. The molecule has 0 unspecified atom stereocenters. The Balaban J connectivity index is 2.01. The predicted octanol–water partition coefficient (Wildman–Crippen LogP) is 2.60. The van der Waals surface area contributed by atoms with Gasteiger partial charge < -0.3 is 4.57 Å². The van der Waals surface area contributed by atoms with E-state index in [0.717, 1.165) is 31.5 Å². The van der Waals surface area contributed by atoms with Gasteiger partial charge in [0.1, 0.15) is 0 Å². The van der Waals surface area contributed by atoms with Crippen LogP contribution in [-0.4, -0.2) is 16.1 Å². The van der Waals surface area contributed by atoms with Gasteiger partial charge in [-0.2, -0.15) is 0 Å². The van der Waals surface area contributed by atoms with Gasteiger partial charge in [0.25, 0.3) is 0 Å². The maximum Gasteiger partial charge on any atom is 0.196 e. The number of fused-ring (bicyclic) bond motifs is 4. The van der Waals surface area contributed by atoms with Gasteiger partial charge in [0, 0.05) is 29.6 Å². The normalized spacial score (nSPS) is 16.8. The summed E-state index contributed by atoms with van der Waals surface area (Å²) in [5, 5.41) is 0. The second-order valence-corrected chi connectivity index (χ2v) is 5.22. The lowest BCUT2D eigenvalue weighted by Gasteiger charge is -2.18. The molecule has 1 aliphatic heterocycles. The Morgan fingerprint density at radius 2 is 1.63 bits per heavy atom. The highest BCUT2D eigenvalue weighted by atomic mass is 16.1. The van der Waals surface area contributed by atoms with Gasteiger partial charge >= 0.3 is 0 Å². The van der Waals surface area contributed by atoms with Crippen molar-refractivity contribution < 1.29 is 9.59 Å². The summed E-state index contributed by atoms with van der Waals surface area (Å²) in [7, 11) is 0. The predicted molar refractivity (Wildman–Crippen MR) is 70.7 cm³/mol. The van der Waals surface area contributed by atoms with Crippen molar-refractivity contribution in [3.05, 3.63) is 58.4 Å². The third-order valence-electron chi connectivity index (χ3n) is 4.14. The number of aryl methyl sites for hydroxylation is 1. The van der Waals surface area contributed by atoms with E-state index in [0.29, 0.717) is 22.3 Å². The number of carbonyl (C=O) groups excluding carboxylic acids is 2. The average Bonchev–Trinajstić information content (AvgIpc) is 2.84. The third kappa shape index (κ3) is 1.33. The maximum atomic E-state index is 12.6. The minimum Gasteiger partial charge on any atom is -0.350 e. The molecule has 0 atom stereocenters. The first-order chi connectivity index (χ1) is 9.27. The van der Waals surface area contributed by atoms with Crippen LogP contribution in [0.4, 0.5) is 0 Å². The Hall–Kier alpha value is -2.16. The first-order valence-electron chi connectivity index (χ1n) is 6.68. The molecule has 3 nitrogen and oxygen atoms in total. The average molecular weight is 251 g/mol. The standard InChI is InChI=1S/C16H13NO2/c18-15-10-5-1-2-6-11(10)16(19)14-12(15)9-17-8-4-3-7-13(14)17/h1-2,5-6,9H,3-4,7-8H2. The Labute approximate surface area is 110 Å². The molecule has 0 radical (unpaired) electrons. The van der Waals surface area contributed by atoms with Gasteiger partial charge in [-0.1, -0.05) is 24.3 Å². The molecule has 0 N–H and O–H groups in total. The van der Waals surface area contributed by atoms with Crippen LogP contribution in [-0.2, 0) is 13.0 Å². The first kappa shape index (κ1) is 10.7. The zero-order chi connectivity index (χ0) is 13.0. The molecule has 2 aromatic rings. The fraction of sp³-hybridized carbons (Fsp3) is 0.250. The van der Waals surface area contributed by atoms with Crippen LogP contribution in [0.1, 0.15) is 50.4 Å². The second kappa shape index (κ2) is 3.67. The number of benzene rings is 1. The molecular weight excluding hydrogens is 238 g/mol. The van der Waals surface area contributed by atoms with Crippen molar-refractivity contribution in [3.63, 3.8) is 0 Å². The molecule has 0 saturated heterocycles. The number of ketones is 2. The largest absolute Gasteiger partial charge is 0.350 e. The van der Waals surface area contributed by atoms with Crippen LogP contribution in [0.15, 0.2) is 30.5 Å². The fourth-order valence-electron chi connectivity index (χ4n) is 3.22. The summed E-state index contributed by atoms with van der Waals surface area (Å²) in [5.74, 6) is 0.00736. The number of hydrogen-bond acceptors (Lipinski definition) is 2. The van der Waals surface area contributed by atoms with Crippen molar-refractivity contribution in [1.82, 2.24) is 4.57 Å². The molecule has 1 aromatic heterocycles. The van der Waals surface area contributed by atoms with E-state index in [-0.39, 0.29) is 11.6 Å². The molecule has 0 saturated carbocycles. The summed E-state index contributed by atoms with van der Waals surface area (Å²) in [6, 6.07) is 7.13. The second-order valence-electron chi connectivity index (χ2n) is 5.22. The number of rotatable bonds is 0. The van der Waals surface area contributed by atoms with Crippen molar-refractivity contribution in [2.45, 2.75) is 25.8 Å². The van der Waals surface area contributed by atoms with E-state index >= 15 is 0 Å². The minimum absolute atomic E-state index is 0.00731. The van der Waals surface area contributed by atoms with Gasteiger partial charge in [-0.05, 0) is 19.3 Å². The number of carbonyl (C=O) groups is 2. The van der Waals surface area contributed by atoms with E-state index in [4.69, 9.17) is 0 Å². The van der Waals surface area contributed by atoms with E-state index < -0.39 is 0 Å². The smallest absolute Gasteiger partial charge is 0.196 e. The van der Waals surface area contributed by atoms with Crippen molar-refractivity contribution in [1.29, 1.82) is 0 Å². The van der Waals surface area contributed by atoms with E-state index in [2.05, 4.69) is 4.57 Å². The van der Waals surface area contributed by atoms with E-state index in [1.807, 2.05) is 18.3 Å². The molecule has 3 heteroatoms. The molecule has 1 aromatic carbocycles. The number of hydrogen-bond donors (Lipinski definition) is 0. The Morgan fingerprint density at radius 3 is 2.42 bits per heavy atom. The Bertz CT molecular complexity index is 724. The SMILES string of the molecule is O=C1c2ccccc2C(=O)c2c1cn1c2CCCC1. The van der Waals surface area contributed by atoms with Gasteiger partial charge in [0.05, 0.1) is 11.1 Å². The maximum absolute atomic E-state index is 12.6. The van der Waals surface area contributed by atoms with Crippen molar-refractivity contribution >= 4 is 11.6 Å². The molecule has 19 heavy (non-hydrogen) atoms. The quantitative estimate of drug-likeness (QED) is 0.616. The number of nitrogens with zero attached hydrogens (tertiary/aromatic N) is 1. The monoisotopic (exact) mass is 251 g/mol. The summed E-state index contributed by atoms with van der Waals surface area (Å²) < 4.78 is 2.09. The molecule has 0 amide bonds. The minimum atomic E-state index is -0.00731. The lowest BCUT2D eigenvalue weighted by molar-refractivity contribution is 0.0979. The van der Waals surface area contributed by atoms with E-state index in [1.54, 1.807) is 12.1 Å². The van der Waals surface area contributed by atoms with Gasteiger partial charge in [-0.15, -0.1) is 0 Å². The van der Waals surface area contributed by atoms with Crippen LogP contribution in [0.25, 0.3) is 0 Å². The van der Waals surface area contributed by atoms with Crippen molar-refractivity contribution in [2.75, 3.05) is 0 Å². The molecule has 2 heterocycles. The highest BCUT2D eigenvalue weighted by molar-refractivity contribution is 6.28. The molecule has 4 rings (SSSR count). The summed E-state index contributed by atoms with van der Waals surface area (Å²) in [5.41, 5.74) is 3.40. The topological polar surface area (TPSA) is 39.1 Å². The molecule has 0 fully saturated rings. The van der Waals surface area contributed by atoms with Gasteiger partial charge in [-0.3, -0.25) is 9.59 Å². The van der Waals surface area contributed by atoms with Crippen LogP contribution in [0.2, 0.25) is 0 Å². The molecule has 2 aliphatic rings. The van der Waals surface area contributed by atoms with Crippen LogP contribution in [0.3, 0.4) is 0 Å². The van der Waals surface area contributed by atoms with Gasteiger partial charge in [0.2, 0.25) is 0 Å². The molecule has 94 valence electrons. The molecule has 1 aliphatic carbocycles. The van der Waals surface area contributed by atoms with Crippen LogP contribution < -0.4 is 0 Å². The third-order valence-corrected chi connectivity index (χ3v) is 4.14. The van der Waals surface area contributed by atoms with E-state index in [9.17, 15) is 9.59 Å². The van der Waals surface area contributed by atoms with Crippen LogP contribution in [0.5, 0.6) is 0 Å². The Morgan fingerprint density at radius 1 is 0.895 bits per heavy atom. The van der Waals surface area contributed by atoms with Gasteiger partial charge in [-0.25, -0.2) is 0 Å². The molecule has 0 spiro atoms. The van der Waals surface area contributed by atoms with E-state index in [1.165, 1.54) is 0 Å². The van der Waals surface area contributed by atoms with Crippen LogP contribution >= 0.6 is 0 Å². The Kier molecular flexibility index (Phi) is 2.07. The van der Waals surface area contributed by atoms with Crippen molar-refractivity contribution in [2.24, 2.45) is 0 Å². The summed E-state index contributed by atoms with van der Waals surface area (Å²) in [6.07, 6.45) is 4.99. The van der Waals surface area contributed by atoms with Crippen molar-refractivity contribution in [3.8, 4) is 0 Å². The zero-order valence-corrected chi connectivity index (χ0v) is 10.5. The van der Waals surface area contributed by atoms with Gasteiger partial charge in [0.15, 0.2) is 11.6 Å². The number of aromatic nitrogens is 1. The summed E-state index contributed by atoms with van der Waals surface area (Å²) in [6.45, 7) is 0.916. The lowest BCUT2D eigenvalue weighted by Crippen LogP contribution is -2.20. The highest BCUT2D eigenvalue weighted by Gasteiger charge is 2.34.